The third kappa shape index (κ3) is 24.1. The van der Waals surface area contributed by atoms with E-state index in [9.17, 15) is 77.3 Å². The molecule has 4 aliphatic rings. The minimum Gasteiger partial charge on any atom is -0.508 e. The maximum Gasteiger partial charge on any atom is 0.246 e. The number of carbonyl (C=O) groups excluding carboxylic acids is 14. The van der Waals surface area contributed by atoms with E-state index in [1.165, 1.54) is 36.8 Å². The number of imidazole rings is 1. The number of fused-ring (bicyclic) bond motifs is 6. The first-order valence-corrected chi connectivity index (χ1v) is 36.0. The van der Waals surface area contributed by atoms with E-state index in [-0.39, 0.29) is 92.1 Å². The first-order valence-electron chi connectivity index (χ1n) is 31.0. The van der Waals surface area contributed by atoms with Crippen LogP contribution in [-0.2, 0) is 80.0 Å². The second kappa shape index (κ2) is 37.4. The van der Waals surface area contributed by atoms with Crippen molar-refractivity contribution < 1.29 is 77.3 Å². The summed E-state index contributed by atoms with van der Waals surface area (Å²) in [5.41, 5.74) is 12.4. The van der Waals surface area contributed by atoms with Crippen LogP contribution in [0.5, 0.6) is 5.75 Å². The van der Waals surface area contributed by atoms with Gasteiger partial charge in [-0.2, -0.15) is 0 Å². The molecule has 19 N–H and O–H groups in total. The van der Waals surface area contributed by atoms with Gasteiger partial charge in [-0.3, -0.25) is 67.1 Å². The van der Waals surface area contributed by atoms with Gasteiger partial charge in [-0.1, -0.05) is 83.0 Å². The van der Waals surface area contributed by atoms with Gasteiger partial charge >= 0.3 is 0 Å². The number of aromatic nitrogens is 2. The van der Waals surface area contributed by atoms with Crippen LogP contribution >= 0.6 is 43.2 Å². The molecule has 95 heavy (non-hydrogen) atoms. The zero-order valence-electron chi connectivity index (χ0n) is 52.9. The van der Waals surface area contributed by atoms with Crippen molar-refractivity contribution in [2.24, 2.45) is 23.3 Å². The van der Waals surface area contributed by atoms with Gasteiger partial charge in [0.15, 0.2) is 0 Å². The van der Waals surface area contributed by atoms with Gasteiger partial charge < -0.3 is 95.4 Å². The number of nitrogens with one attached hydrogen (secondary N) is 13. The Bertz CT molecular complexity index is 3080. The van der Waals surface area contributed by atoms with Crippen LogP contribution in [0.2, 0.25) is 0 Å². The summed E-state index contributed by atoms with van der Waals surface area (Å²) >= 11 is 0. The number of hydrogen-bond donors (Lipinski definition) is 17. The average Bonchev–Trinajstić information content (AvgIpc) is 1.71. The molecule has 4 aliphatic heterocycles. The lowest BCUT2D eigenvalue weighted by atomic mass is 10.0. The number of H-pyrrole nitrogens is 1. The number of aliphatic hydroxyl groups is 1. The minimum atomic E-state index is -1.60. The Labute approximate surface area is 563 Å². The summed E-state index contributed by atoms with van der Waals surface area (Å²) in [4.78, 5) is 204. The number of benzene rings is 1. The highest BCUT2D eigenvalue weighted by Crippen LogP contribution is 2.27. The van der Waals surface area contributed by atoms with Gasteiger partial charge in [0.05, 0.1) is 25.5 Å². The fourth-order valence-electron chi connectivity index (χ4n) is 10.4. The molecule has 4 saturated heterocycles. The number of aromatic amines is 1. The lowest BCUT2D eigenvalue weighted by Crippen LogP contribution is -2.61. The van der Waals surface area contributed by atoms with E-state index in [1.54, 1.807) is 27.7 Å². The highest BCUT2D eigenvalue weighted by molar-refractivity contribution is 8.77. The molecular weight excluding hydrogens is 1320 g/mol. The van der Waals surface area contributed by atoms with E-state index in [0.29, 0.717) is 24.1 Å². The van der Waals surface area contributed by atoms with Crippen molar-refractivity contribution in [2.45, 2.75) is 158 Å². The van der Waals surface area contributed by atoms with Gasteiger partial charge in [0.25, 0.3) is 0 Å². The van der Waals surface area contributed by atoms with Crippen LogP contribution in [0.25, 0.3) is 0 Å². The third-order valence-electron chi connectivity index (χ3n) is 15.5. The molecule has 0 aliphatic carbocycles. The average molecular weight is 1400 g/mol. The van der Waals surface area contributed by atoms with Crippen LogP contribution in [0.4, 0.5) is 0 Å². The zero-order chi connectivity index (χ0) is 69.5. The van der Waals surface area contributed by atoms with Crippen molar-refractivity contribution in [2.75, 3.05) is 49.2 Å². The van der Waals surface area contributed by atoms with Crippen LogP contribution < -0.4 is 75.3 Å². The lowest BCUT2D eigenvalue weighted by Gasteiger charge is -2.31. The quantitative estimate of drug-likeness (QED) is 0.0490. The first-order chi connectivity index (χ1) is 45.2. The number of aromatic hydroxyl groups is 1. The highest BCUT2D eigenvalue weighted by Gasteiger charge is 2.44. The molecule has 14 amide bonds. The summed E-state index contributed by atoms with van der Waals surface area (Å²) in [6, 6.07) is -9.86. The molecule has 12 atom stereocenters. The summed E-state index contributed by atoms with van der Waals surface area (Å²) in [6.45, 7) is 5.14. The van der Waals surface area contributed by atoms with Crippen molar-refractivity contribution in [1.82, 2.24) is 78.7 Å². The molecule has 33 nitrogen and oxygen atoms in total. The van der Waals surface area contributed by atoms with E-state index in [0.717, 1.165) is 48.1 Å². The molecule has 5 heterocycles. The highest BCUT2D eigenvalue weighted by atomic mass is 33.1. The number of rotatable bonds is 18. The zero-order valence-corrected chi connectivity index (χ0v) is 56.1. The number of carbonyl (C=O) groups is 14. The van der Waals surface area contributed by atoms with Crippen molar-refractivity contribution in [1.29, 1.82) is 0 Å². The Morgan fingerprint density at radius 3 is 1.98 bits per heavy atom. The van der Waals surface area contributed by atoms with Gasteiger partial charge in [-0.25, -0.2) is 4.98 Å². The van der Waals surface area contributed by atoms with Gasteiger partial charge in [-0.15, -0.1) is 0 Å². The third-order valence-corrected chi connectivity index (χ3v) is 20.3. The molecule has 37 heteroatoms. The fraction of sp³-hybridized carbons (Fsp3) is 0.603. The topological polar surface area (TPSA) is 508 Å². The lowest BCUT2D eigenvalue weighted by molar-refractivity contribution is -0.142. The standard InChI is InChI=1S/C58H85N17O16S4/c1-28(2)15-36-52(85)72-41-25-95-93-24-40(50(83)63-20-45(79)66-37(16-30-8-10-32(76)11-9-30)53(86)67-34(51(84)68-36)7-5-6-14-59)71-55(88)42(73-57(90)47(29(3)4)74-46(80)21-62-49(82)35-12-13-44(78)65-35)26-94-92-23-39(48(60)81)70-56(89)43-18-33(77)22-75(43)58(91)38(69-54(41)87)17-31-19-61-27-64-31/h8-11,19,27-29,33-43,47,76-77H,5-7,12-18,20-26,59H2,1-4H3,(H2,60,81)(H,61,64)(H,62,82)(H,63,83)(H,65,78)(H,66,79)(H,67,86)(H,68,84)(H,69,87)(H,70,89)(H,71,88)(H,72,85)(H,73,90)(H,74,80)/t33-,34+,35+,36+,37+,38+,39-,40+,41+,42+,43+,47+/m1/s1. The summed E-state index contributed by atoms with van der Waals surface area (Å²) in [5.74, 6) is -14.3. The van der Waals surface area contributed by atoms with E-state index < -0.39 is 175 Å². The van der Waals surface area contributed by atoms with Crippen LogP contribution in [0.3, 0.4) is 0 Å². The molecule has 1 aromatic heterocycles. The van der Waals surface area contributed by atoms with E-state index in [4.69, 9.17) is 11.5 Å². The fourth-order valence-corrected chi connectivity index (χ4v) is 15.0. The van der Waals surface area contributed by atoms with E-state index in [2.05, 4.69) is 73.8 Å². The molecule has 2 bridgehead atoms. The smallest absolute Gasteiger partial charge is 0.246 e. The summed E-state index contributed by atoms with van der Waals surface area (Å²) in [6.07, 6.45) is 1.71. The second-order valence-corrected chi connectivity index (χ2v) is 29.0. The molecule has 2 aromatic rings. The Morgan fingerprint density at radius 2 is 1.34 bits per heavy atom. The van der Waals surface area contributed by atoms with E-state index >= 15 is 0 Å². The van der Waals surface area contributed by atoms with Crippen molar-refractivity contribution in [3.8, 4) is 5.75 Å². The molecule has 0 unspecified atom stereocenters. The maximum atomic E-state index is 15.0. The largest absolute Gasteiger partial charge is 0.508 e. The molecule has 4 fully saturated rings. The van der Waals surface area contributed by atoms with Gasteiger partial charge in [0.2, 0.25) is 82.7 Å². The monoisotopic (exact) mass is 1400 g/mol. The Hall–Kier alpha value is -7.87. The number of nitrogens with zero attached hydrogens (tertiary/aromatic N) is 2. The van der Waals surface area contributed by atoms with Crippen LogP contribution in [0, 0.1) is 11.8 Å². The SMILES string of the molecule is CC(C)C[C@@H]1NC(=O)[C@H](CCCCN)NC(=O)[C@H](Cc2ccc(O)cc2)NC(=O)CNC(=O)[C@@H]2CSSC[C@H](NC1=O)C(=O)N[C@@H](Cc1cnc[nH]1)C(=O)N1C[C@H](O)C[C@H]1C(=O)N[C@@H](C(N)=O)CSSC[C@H](NC(=O)[C@@H](NC(=O)CNC(=O)[C@@H]1CCC(=O)N1)C(C)C)C(=O)N2. The Balaban J connectivity index is 1.41. The minimum absolute atomic E-state index is 0.00266. The van der Waals surface area contributed by atoms with Gasteiger partial charge in [-0.05, 0) is 68.2 Å². The van der Waals surface area contributed by atoms with Crippen LogP contribution in [0.1, 0.15) is 83.9 Å². The summed E-state index contributed by atoms with van der Waals surface area (Å²) in [5, 5.41) is 52.3. The molecular formula is C58H85N17O16S4. The van der Waals surface area contributed by atoms with Crippen molar-refractivity contribution in [3.05, 3.63) is 48.0 Å². The number of hydrogen-bond acceptors (Lipinski definition) is 22. The van der Waals surface area contributed by atoms with Crippen molar-refractivity contribution >= 4 is 126 Å². The van der Waals surface area contributed by atoms with E-state index in [1.807, 2.05) is 0 Å². The number of primary amides is 1. The molecule has 0 saturated carbocycles. The molecule has 0 radical (unpaired) electrons. The Kier molecular flexibility index (Phi) is 30.0. The van der Waals surface area contributed by atoms with Gasteiger partial charge in [0, 0.05) is 67.1 Å². The second-order valence-electron chi connectivity index (χ2n) is 23.9. The number of phenolic OH excluding ortho intramolecular Hbond substituents is 1. The number of phenols is 1. The molecule has 1 aromatic carbocycles. The predicted molar refractivity (Wildman–Crippen MR) is 351 cm³/mol. The number of unbranched alkanes of at least 4 members (excludes halogenated alkanes) is 1. The van der Waals surface area contributed by atoms with Crippen LogP contribution in [0.15, 0.2) is 36.8 Å². The summed E-state index contributed by atoms with van der Waals surface area (Å²) < 4.78 is 0. The number of amides is 14. The predicted octanol–water partition coefficient (Wildman–Crippen LogP) is -5.16. The molecule has 6 rings (SSSR count). The maximum absolute atomic E-state index is 15.0. The van der Waals surface area contributed by atoms with Gasteiger partial charge in [0.1, 0.15) is 72.2 Å². The first kappa shape index (κ1) is 76.2. The summed E-state index contributed by atoms with van der Waals surface area (Å²) in [7, 11) is 3.66. The van der Waals surface area contributed by atoms with Crippen molar-refractivity contribution in [3.63, 3.8) is 0 Å². The normalized spacial score (nSPS) is 26.4. The number of aliphatic hydroxyl groups excluding tert-OH is 1. The Morgan fingerprint density at radius 1 is 0.695 bits per heavy atom. The molecule has 0 spiro atoms. The molecule has 522 valence electrons. The van der Waals surface area contributed by atoms with Crippen LogP contribution in [-0.4, -0.2) is 230 Å². The number of nitrogens with two attached hydrogens (primary N) is 2.